The molecule has 7 amide bonds. The number of halogens is 5. The highest BCUT2D eigenvalue weighted by molar-refractivity contribution is 6.52. The highest BCUT2D eigenvalue weighted by Crippen LogP contribution is 2.66. The number of carbonyl (C=O) groups excluding carboxylic acids is 8. The molecule has 3 unspecified atom stereocenters. The number of carbonyl (C=O) groups is 9. The smallest absolute Gasteiger partial charge is 0.408 e. The Hall–Kier alpha value is -3.60. The Bertz CT molecular complexity index is 2270. The summed E-state index contributed by atoms with van der Waals surface area (Å²) in [6.45, 7) is 10.8. The maximum absolute atomic E-state index is 14.1. The Balaban J connectivity index is 0.000000292. The van der Waals surface area contributed by atoms with Crippen molar-refractivity contribution in [2.45, 2.75) is 219 Å². The number of piperidine rings is 2. The van der Waals surface area contributed by atoms with E-state index in [1.165, 1.54) is 16.2 Å². The van der Waals surface area contributed by atoms with Gasteiger partial charge in [0.1, 0.15) is 44.0 Å². The van der Waals surface area contributed by atoms with E-state index in [1.54, 1.807) is 41.5 Å². The molecule has 6 saturated carbocycles. The van der Waals surface area contributed by atoms with Gasteiger partial charge in [-0.15, -0.1) is 58.8 Å². The molecule has 8 aliphatic rings. The molecular weight excluding hydrogens is 1150 g/mol. The van der Waals surface area contributed by atoms with Crippen molar-refractivity contribution < 1.29 is 64.3 Å². The third-order valence-electron chi connectivity index (χ3n) is 17.1. The molecule has 0 spiro atoms. The number of nitrogens with zero attached hydrogens (tertiary/aromatic N) is 2. The summed E-state index contributed by atoms with van der Waals surface area (Å²) in [7, 11) is 0. The van der Waals surface area contributed by atoms with Gasteiger partial charge in [0, 0.05) is 38.2 Å². The third-order valence-corrected chi connectivity index (χ3v) is 19.2. The molecule has 2 aliphatic heterocycles. The van der Waals surface area contributed by atoms with Crippen LogP contribution in [0.2, 0.25) is 0 Å². The Labute approximate surface area is 496 Å². The number of carboxylic acid groups (broad SMARTS) is 1. The number of rotatable bonds is 17. The van der Waals surface area contributed by atoms with Crippen LogP contribution in [0.25, 0.3) is 0 Å². The van der Waals surface area contributed by atoms with Gasteiger partial charge >= 0.3 is 18.2 Å². The van der Waals surface area contributed by atoms with Crippen molar-refractivity contribution in [3.8, 4) is 0 Å². The molecule has 8 fully saturated rings. The second kappa shape index (κ2) is 27.4. The lowest BCUT2D eigenvalue weighted by atomic mass is 9.79. The molecule has 0 aromatic carbocycles. The van der Waals surface area contributed by atoms with Gasteiger partial charge in [0.25, 0.3) is 5.91 Å². The zero-order chi connectivity index (χ0) is 58.7. The molecule has 0 bridgehead atoms. The van der Waals surface area contributed by atoms with E-state index in [0.29, 0.717) is 18.8 Å². The molecule has 0 aromatic rings. The van der Waals surface area contributed by atoms with E-state index in [2.05, 4.69) is 16.0 Å². The molecule has 8 rings (SSSR count). The number of hydrogen-bond acceptors (Lipinski definition) is 13. The summed E-state index contributed by atoms with van der Waals surface area (Å²) < 4.78 is 8.52. The van der Waals surface area contributed by atoms with E-state index >= 15 is 0 Å². The van der Waals surface area contributed by atoms with Gasteiger partial charge in [-0.25, -0.2) is 14.4 Å². The van der Waals surface area contributed by atoms with Crippen LogP contribution in [0.1, 0.15) is 159 Å². The van der Waals surface area contributed by atoms with Crippen LogP contribution in [0.15, 0.2) is 0 Å². The molecule has 6 aliphatic carbocycles. The molecule has 0 aromatic heterocycles. The first-order valence-corrected chi connectivity index (χ1v) is 29.7. The summed E-state index contributed by atoms with van der Waals surface area (Å²) in [5.74, 6) is -5.79. The van der Waals surface area contributed by atoms with Crippen LogP contribution in [-0.4, -0.2) is 149 Å². The quantitative estimate of drug-likeness (QED) is 0.0611. The number of nitrogens with two attached hydrogens (primary N) is 3. The van der Waals surface area contributed by atoms with Crippen molar-refractivity contribution in [2.24, 2.45) is 64.5 Å². The normalized spacial score (nSPS) is 27.6. The number of amides is 7. The average Bonchev–Trinajstić information content (AvgIpc) is 3.77. The van der Waals surface area contributed by atoms with Gasteiger partial charge in [0.05, 0.1) is 12.1 Å². The molecule has 11 atom stereocenters. The number of ketones is 1. The minimum atomic E-state index is -1.56. The third kappa shape index (κ3) is 16.8. The maximum atomic E-state index is 14.1. The average molecular weight is 1230 g/mol. The van der Waals surface area contributed by atoms with Gasteiger partial charge in [-0.05, 0) is 104 Å². The second-order valence-electron chi connectivity index (χ2n) is 25.2. The number of fused-ring (bicyclic) bond motifs is 2. The Morgan fingerprint density at radius 3 is 1.35 bits per heavy atom. The highest BCUT2D eigenvalue weighted by Gasteiger charge is 2.75. The topological polar surface area (TPSA) is 333 Å². The number of primary amides is 2. The molecule has 456 valence electrons. The number of aliphatic hydroxyl groups excluding tert-OH is 1. The largest absolute Gasteiger partial charge is 0.480 e. The molecule has 21 nitrogen and oxygen atoms in total. The molecule has 2 saturated heterocycles. The summed E-state index contributed by atoms with van der Waals surface area (Å²) in [6, 6.07) is -5.31. The van der Waals surface area contributed by atoms with E-state index < -0.39 is 116 Å². The number of nitrogens with one attached hydrogen (secondary N) is 3. The monoisotopic (exact) mass is 1230 g/mol. The number of carboxylic acids is 1. The van der Waals surface area contributed by atoms with Gasteiger partial charge in [-0.1, -0.05) is 77.0 Å². The van der Waals surface area contributed by atoms with Crippen LogP contribution in [0.5, 0.6) is 0 Å². The van der Waals surface area contributed by atoms with Crippen molar-refractivity contribution in [1.29, 1.82) is 0 Å². The van der Waals surface area contributed by atoms with Gasteiger partial charge in [0.15, 0.2) is 6.10 Å². The van der Waals surface area contributed by atoms with Gasteiger partial charge < -0.3 is 62.6 Å². The Morgan fingerprint density at radius 2 is 1.00 bits per heavy atom. The van der Waals surface area contributed by atoms with Crippen LogP contribution in [0, 0.1) is 47.3 Å². The maximum Gasteiger partial charge on any atom is 0.408 e. The summed E-state index contributed by atoms with van der Waals surface area (Å²) in [5.41, 5.74) is 14.2. The van der Waals surface area contributed by atoms with E-state index in [4.69, 9.17) is 73.1 Å². The number of ether oxygens (including phenoxy) is 2. The number of Topliss-reactive ketones (excluding diaryl/α,β-unsaturated/α-hetero) is 1. The lowest BCUT2D eigenvalue weighted by Crippen LogP contribution is -2.60. The van der Waals surface area contributed by atoms with Crippen LogP contribution in [0.4, 0.5) is 9.59 Å². The number of alkyl carbamates (subject to hydrolysis) is 2. The lowest BCUT2D eigenvalue weighted by Gasteiger charge is -2.37. The van der Waals surface area contributed by atoms with Crippen molar-refractivity contribution in [2.75, 3.05) is 13.1 Å². The van der Waals surface area contributed by atoms with Crippen molar-refractivity contribution in [3.63, 3.8) is 0 Å². The lowest BCUT2D eigenvalue weighted by molar-refractivity contribution is -0.151. The number of aliphatic hydroxyl groups is 1. The first kappa shape index (κ1) is 67.2. The van der Waals surface area contributed by atoms with Crippen LogP contribution >= 0.6 is 58.8 Å². The second-order valence-corrected chi connectivity index (χ2v) is 28.1. The van der Waals surface area contributed by atoms with Crippen LogP contribution < -0.4 is 33.2 Å². The number of hydrogen-bond donors (Lipinski definition) is 8. The molecule has 26 heteroatoms. The van der Waals surface area contributed by atoms with Crippen molar-refractivity contribution >= 4 is 112 Å². The van der Waals surface area contributed by atoms with Gasteiger partial charge in [-0.3, -0.25) is 28.8 Å². The van der Waals surface area contributed by atoms with E-state index in [1.807, 2.05) is 0 Å². The van der Waals surface area contributed by atoms with Gasteiger partial charge in [-0.2, -0.15) is 0 Å². The molecule has 0 radical (unpaired) electrons. The summed E-state index contributed by atoms with van der Waals surface area (Å²) >= 11 is 25.4. The van der Waals surface area contributed by atoms with E-state index in [-0.39, 0.29) is 68.3 Å². The molecule has 11 N–H and O–H groups in total. The predicted octanol–water partition coefficient (Wildman–Crippen LogP) is 6.01. The zero-order valence-electron chi connectivity index (χ0n) is 46.7. The van der Waals surface area contributed by atoms with E-state index in [9.17, 15) is 53.4 Å². The fourth-order valence-corrected chi connectivity index (χ4v) is 14.0. The fourth-order valence-electron chi connectivity index (χ4n) is 12.4. The highest BCUT2D eigenvalue weighted by atomic mass is 35.5. The summed E-state index contributed by atoms with van der Waals surface area (Å²) in [4.78, 5) is 114. The molecular formula is C54H87Cl5N8O13. The van der Waals surface area contributed by atoms with E-state index in [0.717, 1.165) is 96.3 Å². The van der Waals surface area contributed by atoms with Gasteiger partial charge in [0.2, 0.25) is 29.4 Å². The minimum absolute atomic E-state index is 0. The summed E-state index contributed by atoms with van der Waals surface area (Å²) in [6.07, 6.45) is 13.7. The minimum Gasteiger partial charge on any atom is -0.480 e. The first-order valence-electron chi connectivity index (χ1n) is 28.2. The molecule has 80 heavy (non-hydrogen) atoms. The SMILES string of the molecule is CC(C)(C)OC(=O)N[C@H](C(=O)N1C[C@H]2[C@@H]([C@H]1C(=O)NC(CC1CCC1)C(O)C(N)=O)C2(Cl)Cl)C1CCCCC1.CC(C)(C)OC(=O)N[C@H](C(=O)N1C[C@H]2[C@@H]([C@H]1C(=O)O)C2(Cl)Cl)C1CCCCC1.Cl.NC(=O)C(=O)C(N)CC1CCC1.[HH]. The number of aliphatic carboxylic acids is 1. The fraction of sp³-hybridized carbons (Fsp3) is 0.833. The van der Waals surface area contributed by atoms with Crippen LogP contribution in [-0.2, 0) is 43.0 Å². The predicted molar refractivity (Wildman–Crippen MR) is 304 cm³/mol. The Morgan fingerprint density at radius 1 is 0.613 bits per heavy atom. The Kier molecular flexibility index (Phi) is 23.0. The number of likely N-dealkylation sites (tertiary alicyclic amines) is 2. The number of alkyl halides is 4. The van der Waals surface area contributed by atoms with Crippen LogP contribution in [0.3, 0.4) is 0 Å². The standard InChI is InChI=1S/C27H42Cl2N4O6.C19H28Cl2N2O5.C8H14N2O2.ClH.H2/c1-26(2,3)39-25(38)32-19(15-10-5-4-6-11-15)24(37)33-13-16-18(27(16,28)29)20(33)23(36)31-17(21(34)22(30)35)12-14-8-7-9-14;1-18(2,3)28-17(27)22-13(10-7-5-4-6-8-10)15(24)23-9-11-12(19(11,20)21)14(23)16(25)26;9-6(7(11)8(10)12)4-5-2-1-3-5;;/h14-21,34H,4-13H2,1-3H3,(H2,30,35)(H,31,36)(H,32,38);10-14H,4-9H2,1-3H3,(H,22,27)(H,25,26);5-6H,1-4,9H2,(H2,10,12);2*1H/t16-,17?,18-,19-,20-,21?;11-,12-,13-,14-;;;/m00.../s1. The first-order chi connectivity index (χ1) is 36.7. The zero-order valence-corrected chi connectivity index (χ0v) is 50.6. The summed E-state index contributed by atoms with van der Waals surface area (Å²) in [5, 5.41) is 28.4. The van der Waals surface area contributed by atoms with Crippen molar-refractivity contribution in [3.05, 3.63) is 0 Å². The van der Waals surface area contributed by atoms with Crippen molar-refractivity contribution in [1.82, 2.24) is 25.8 Å². The molecule has 2 heterocycles.